The van der Waals surface area contributed by atoms with Crippen molar-refractivity contribution in [3.8, 4) is 0 Å². The van der Waals surface area contributed by atoms with Gasteiger partial charge < -0.3 is 14.7 Å². The highest BCUT2D eigenvalue weighted by molar-refractivity contribution is 5.81. The third-order valence-electron chi connectivity index (χ3n) is 3.70. The first-order valence-corrected chi connectivity index (χ1v) is 6.27. The Bertz CT molecular complexity index is 305. The molecule has 1 heterocycles. The zero-order valence-corrected chi connectivity index (χ0v) is 9.93. The van der Waals surface area contributed by atoms with Gasteiger partial charge in [0, 0.05) is 24.9 Å². The minimum atomic E-state index is -0.910. The van der Waals surface area contributed by atoms with Crippen LogP contribution in [-0.2, 0) is 14.3 Å². The molecule has 0 aromatic heterocycles. The molecule has 0 radical (unpaired) electrons. The molecule has 17 heavy (non-hydrogen) atoms. The van der Waals surface area contributed by atoms with Crippen molar-refractivity contribution in [3.05, 3.63) is 0 Å². The molecule has 0 aromatic carbocycles. The summed E-state index contributed by atoms with van der Waals surface area (Å²) in [6.07, 6.45) is 3.33. The van der Waals surface area contributed by atoms with E-state index in [9.17, 15) is 9.59 Å². The lowest BCUT2D eigenvalue weighted by molar-refractivity contribution is -0.141. The number of fused-ring (bicyclic) bond motifs is 1. The lowest BCUT2D eigenvalue weighted by Gasteiger charge is -2.29. The molecule has 2 rings (SSSR count). The van der Waals surface area contributed by atoms with Crippen LogP contribution in [0.4, 0.5) is 0 Å². The first kappa shape index (κ1) is 12.4. The van der Waals surface area contributed by atoms with Gasteiger partial charge in [-0.3, -0.25) is 9.59 Å². The Hall–Kier alpha value is -1.10. The molecule has 1 aliphatic carbocycles. The number of hydrogen-bond donors (Lipinski definition) is 1. The van der Waals surface area contributed by atoms with Gasteiger partial charge in [-0.1, -0.05) is 6.42 Å². The van der Waals surface area contributed by atoms with Gasteiger partial charge >= 0.3 is 5.97 Å². The van der Waals surface area contributed by atoms with Crippen LogP contribution >= 0.6 is 0 Å². The highest BCUT2D eigenvalue weighted by atomic mass is 16.5. The van der Waals surface area contributed by atoms with E-state index in [1.54, 1.807) is 0 Å². The molecule has 1 saturated carbocycles. The zero-order valence-electron chi connectivity index (χ0n) is 9.93. The Balaban J connectivity index is 1.96. The molecule has 1 N–H and O–H groups in total. The summed E-state index contributed by atoms with van der Waals surface area (Å²) in [6.45, 7) is 1.93. The summed E-state index contributed by atoms with van der Waals surface area (Å²) < 4.78 is 5.50. The summed E-state index contributed by atoms with van der Waals surface area (Å²) in [6, 6.07) is 0.277. The van der Waals surface area contributed by atoms with Gasteiger partial charge in [0.2, 0.25) is 5.91 Å². The molecule has 1 saturated heterocycles. The number of carbonyl (C=O) groups excluding carboxylic acids is 1. The van der Waals surface area contributed by atoms with Crippen molar-refractivity contribution in [1.29, 1.82) is 0 Å². The summed E-state index contributed by atoms with van der Waals surface area (Å²) in [4.78, 5) is 24.3. The first-order chi connectivity index (χ1) is 8.18. The molecule has 2 fully saturated rings. The second kappa shape index (κ2) is 5.49. The van der Waals surface area contributed by atoms with E-state index in [0.717, 1.165) is 25.9 Å². The van der Waals surface area contributed by atoms with Crippen LogP contribution < -0.4 is 0 Å². The second-order valence-electron chi connectivity index (χ2n) is 4.81. The normalized spacial score (nSPS) is 28.6. The van der Waals surface area contributed by atoms with Crippen LogP contribution in [0.15, 0.2) is 0 Å². The second-order valence-corrected chi connectivity index (χ2v) is 4.81. The van der Waals surface area contributed by atoms with Crippen LogP contribution in [0.25, 0.3) is 0 Å². The Labute approximate surface area is 101 Å². The van der Waals surface area contributed by atoms with Crippen molar-refractivity contribution in [2.24, 2.45) is 5.92 Å². The number of carboxylic acids is 1. The predicted molar refractivity (Wildman–Crippen MR) is 60.5 cm³/mol. The standard InChI is InChI=1S/C12H19NO4/c14-11(4-5-12(15)16)13-6-7-17-8-9-2-1-3-10(9)13/h9-10H,1-8H2,(H,15,16). The van der Waals surface area contributed by atoms with Crippen molar-refractivity contribution in [2.45, 2.75) is 38.1 Å². The van der Waals surface area contributed by atoms with E-state index in [4.69, 9.17) is 9.84 Å². The van der Waals surface area contributed by atoms with Crippen LogP contribution in [0.3, 0.4) is 0 Å². The number of aliphatic carboxylic acids is 1. The van der Waals surface area contributed by atoms with E-state index in [2.05, 4.69) is 0 Å². The third kappa shape index (κ3) is 2.97. The Morgan fingerprint density at radius 3 is 2.88 bits per heavy atom. The average molecular weight is 241 g/mol. The highest BCUT2D eigenvalue weighted by Crippen LogP contribution is 2.32. The van der Waals surface area contributed by atoms with Gasteiger partial charge in [0.05, 0.1) is 19.6 Å². The molecule has 5 nitrogen and oxygen atoms in total. The maximum absolute atomic E-state index is 12.0. The molecule has 2 aliphatic rings. The van der Waals surface area contributed by atoms with Crippen LogP contribution in [-0.4, -0.2) is 47.7 Å². The van der Waals surface area contributed by atoms with Crippen LogP contribution in [0.2, 0.25) is 0 Å². The molecular formula is C12H19NO4. The Morgan fingerprint density at radius 1 is 1.29 bits per heavy atom. The fourth-order valence-electron chi connectivity index (χ4n) is 2.85. The lowest BCUT2D eigenvalue weighted by atomic mass is 10.0. The van der Waals surface area contributed by atoms with Gasteiger partial charge in [-0.25, -0.2) is 0 Å². The molecule has 2 unspecified atom stereocenters. The summed E-state index contributed by atoms with van der Waals surface area (Å²) in [5.41, 5.74) is 0. The topological polar surface area (TPSA) is 66.8 Å². The van der Waals surface area contributed by atoms with E-state index in [-0.39, 0.29) is 24.8 Å². The lowest BCUT2D eigenvalue weighted by Crippen LogP contribution is -2.42. The number of carboxylic acid groups (broad SMARTS) is 1. The van der Waals surface area contributed by atoms with Gasteiger partial charge in [0.1, 0.15) is 0 Å². The van der Waals surface area contributed by atoms with E-state index >= 15 is 0 Å². The van der Waals surface area contributed by atoms with Crippen LogP contribution in [0, 0.1) is 5.92 Å². The minimum absolute atomic E-state index is 0.0326. The van der Waals surface area contributed by atoms with Gasteiger partial charge in [-0.05, 0) is 12.8 Å². The van der Waals surface area contributed by atoms with Gasteiger partial charge in [0.25, 0.3) is 0 Å². The molecule has 2 atom stereocenters. The number of rotatable bonds is 3. The van der Waals surface area contributed by atoms with Gasteiger partial charge in [-0.2, -0.15) is 0 Å². The zero-order chi connectivity index (χ0) is 12.3. The smallest absolute Gasteiger partial charge is 0.303 e. The van der Waals surface area contributed by atoms with Gasteiger partial charge in [0.15, 0.2) is 0 Å². The highest BCUT2D eigenvalue weighted by Gasteiger charge is 2.36. The maximum atomic E-state index is 12.0. The Morgan fingerprint density at radius 2 is 2.12 bits per heavy atom. The number of hydrogen-bond acceptors (Lipinski definition) is 3. The third-order valence-corrected chi connectivity index (χ3v) is 3.70. The van der Waals surface area contributed by atoms with Crippen LogP contribution in [0.1, 0.15) is 32.1 Å². The van der Waals surface area contributed by atoms with Gasteiger partial charge in [-0.15, -0.1) is 0 Å². The number of amides is 1. The summed E-state index contributed by atoms with van der Waals surface area (Å²) in [5, 5.41) is 8.61. The van der Waals surface area contributed by atoms with E-state index < -0.39 is 5.97 Å². The molecule has 0 aromatic rings. The molecule has 96 valence electrons. The maximum Gasteiger partial charge on any atom is 0.303 e. The average Bonchev–Trinajstić information content (AvgIpc) is 2.66. The monoisotopic (exact) mass is 241 g/mol. The van der Waals surface area contributed by atoms with Crippen molar-refractivity contribution >= 4 is 11.9 Å². The SMILES string of the molecule is O=C(O)CCC(=O)N1CCOCC2CCCC21. The van der Waals surface area contributed by atoms with Crippen molar-refractivity contribution in [2.75, 3.05) is 19.8 Å². The molecule has 0 bridgehead atoms. The molecule has 5 heteroatoms. The quantitative estimate of drug-likeness (QED) is 0.796. The molecular weight excluding hydrogens is 222 g/mol. The van der Waals surface area contributed by atoms with Crippen molar-refractivity contribution < 1.29 is 19.4 Å². The Kier molecular flexibility index (Phi) is 3.99. The van der Waals surface area contributed by atoms with E-state index in [0.29, 0.717) is 19.1 Å². The van der Waals surface area contributed by atoms with Crippen LogP contribution in [0.5, 0.6) is 0 Å². The van der Waals surface area contributed by atoms with E-state index in [1.807, 2.05) is 4.90 Å². The largest absolute Gasteiger partial charge is 0.481 e. The minimum Gasteiger partial charge on any atom is -0.481 e. The van der Waals surface area contributed by atoms with Crippen molar-refractivity contribution in [3.63, 3.8) is 0 Å². The summed E-state index contributed by atoms with van der Waals surface area (Å²) >= 11 is 0. The predicted octanol–water partition coefficient (Wildman–Crippen LogP) is 0.879. The summed E-state index contributed by atoms with van der Waals surface area (Å²) in [7, 11) is 0. The van der Waals surface area contributed by atoms with Crippen molar-refractivity contribution in [1.82, 2.24) is 4.90 Å². The molecule has 1 amide bonds. The molecule has 1 aliphatic heterocycles. The van der Waals surface area contributed by atoms with E-state index in [1.165, 1.54) is 0 Å². The molecule has 0 spiro atoms. The summed E-state index contributed by atoms with van der Waals surface area (Å²) in [5.74, 6) is -0.492. The fourth-order valence-corrected chi connectivity index (χ4v) is 2.85. The number of carbonyl (C=O) groups is 2. The first-order valence-electron chi connectivity index (χ1n) is 6.27. The number of nitrogens with zero attached hydrogens (tertiary/aromatic N) is 1. The fraction of sp³-hybridized carbons (Fsp3) is 0.833. The number of ether oxygens (including phenoxy) is 1.